The summed E-state index contributed by atoms with van der Waals surface area (Å²) >= 11 is 0. The van der Waals surface area contributed by atoms with Crippen LogP contribution in [-0.4, -0.2) is 16.0 Å². The molecular formula is C27H23NO2S. The largest absolute Gasteiger partial charge is 0.341 e. The highest BCUT2D eigenvalue weighted by atomic mass is 32.3. The number of benzene rings is 3. The van der Waals surface area contributed by atoms with Crippen molar-refractivity contribution in [3.8, 4) is 0 Å². The molecule has 2 heterocycles. The Morgan fingerprint density at radius 2 is 1.61 bits per heavy atom. The van der Waals surface area contributed by atoms with Gasteiger partial charge in [0.15, 0.2) is 11.4 Å². The van der Waals surface area contributed by atoms with Gasteiger partial charge in [0.2, 0.25) is 0 Å². The van der Waals surface area contributed by atoms with Gasteiger partial charge in [-0.1, -0.05) is 36.4 Å². The van der Waals surface area contributed by atoms with Crippen LogP contribution in [0.1, 0.15) is 28.4 Å². The van der Waals surface area contributed by atoms with Crippen molar-refractivity contribution in [2.45, 2.75) is 25.3 Å². The maximum atomic E-state index is 13.2. The second-order valence-corrected chi connectivity index (χ2v) is 10.5. The predicted molar refractivity (Wildman–Crippen MR) is 131 cm³/mol. The summed E-state index contributed by atoms with van der Waals surface area (Å²) in [4.78, 5) is 26.3. The van der Waals surface area contributed by atoms with Gasteiger partial charge in [-0.15, -0.1) is 10.0 Å². The van der Waals surface area contributed by atoms with Gasteiger partial charge >= 0.3 is 0 Å². The van der Waals surface area contributed by atoms with Crippen LogP contribution in [0.25, 0.3) is 21.8 Å². The van der Waals surface area contributed by atoms with Crippen molar-refractivity contribution < 1.29 is 9.59 Å². The van der Waals surface area contributed by atoms with Gasteiger partial charge in [-0.2, -0.15) is 0 Å². The SMILES string of the molecule is CCn1c2ccc(C(=O)c3ccccc3C)cc2c2cc(S3(C=O)C=CC=C3)ccc21. The van der Waals surface area contributed by atoms with E-state index in [0.717, 1.165) is 50.0 Å². The molecule has 1 aromatic heterocycles. The molecule has 4 aromatic rings. The van der Waals surface area contributed by atoms with E-state index in [0.29, 0.717) is 5.56 Å². The number of allylic oxidation sites excluding steroid dienone is 2. The second-order valence-electron chi connectivity index (χ2n) is 7.81. The van der Waals surface area contributed by atoms with Gasteiger partial charge in [-0.25, -0.2) is 0 Å². The summed E-state index contributed by atoms with van der Waals surface area (Å²) < 4.78 is 2.26. The maximum absolute atomic E-state index is 13.2. The topological polar surface area (TPSA) is 39.1 Å². The van der Waals surface area contributed by atoms with Crippen LogP contribution in [-0.2, 0) is 11.3 Å². The molecule has 0 amide bonds. The highest BCUT2D eigenvalue weighted by Gasteiger charge is 2.24. The molecule has 5 rings (SSSR count). The third kappa shape index (κ3) is 2.98. The van der Waals surface area contributed by atoms with E-state index in [1.165, 1.54) is 0 Å². The summed E-state index contributed by atoms with van der Waals surface area (Å²) in [5.74, 6) is 0.0326. The lowest BCUT2D eigenvalue weighted by atomic mass is 9.98. The Bertz CT molecular complexity index is 1410. The molecule has 1 aliphatic heterocycles. The van der Waals surface area contributed by atoms with Crippen molar-refractivity contribution in [3.05, 3.63) is 100 Å². The summed E-state index contributed by atoms with van der Waals surface area (Å²) in [7, 11) is -1.73. The van der Waals surface area contributed by atoms with Gasteiger partial charge in [0.25, 0.3) is 0 Å². The van der Waals surface area contributed by atoms with Crippen molar-refractivity contribution in [1.29, 1.82) is 0 Å². The first kappa shape index (κ1) is 19.6. The number of nitrogens with zero attached hydrogens (tertiary/aromatic N) is 1. The smallest absolute Gasteiger partial charge is 0.193 e. The average Bonchev–Trinajstić information content (AvgIpc) is 3.41. The Hall–Kier alpha value is -3.37. The van der Waals surface area contributed by atoms with E-state index in [-0.39, 0.29) is 5.78 Å². The highest BCUT2D eigenvalue weighted by molar-refractivity contribution is 8.48. The molecule has 0 aliphatic carbocycles. The van der Waals surface area contributed by atoms with E-state index in [1.807, 2.05) is 72.4 Å². The molecule has 1 aliphatic rings. The van der Waals surface area contributed by atoms with Crippen molar-refractivity contribution >= 4 is 43.2 Å². The Balaban J connectivity index is 1.74. The summed E-state index contributed by atoms with van der Waals surface area (Å²) in [6, 6.07) is 20.0. The number of aromatic nitrogens is 1. The summed E-state index contributed by atoms with van der Waals surface area (Å²) in [6.45, 7) is 4.92. The Morgan fingerprint density at radius 1 is 0.935 bits per heavy atom. The molecule has 0 saturated heterocycles. The molecule has 31 heavy (non-hydrogen) atoms. The quantitative estimate of drug-likeness (QED) is 0.262. The zero-order valence-electron chi connectivity index (χ0n) is 17.5. The van der Waals surface area contributed by atoms with Crippen LogP contribution < -0.4 is 0 Å². The standard InChI is InChI=1S/C27H23NO2S/c1-3-28-25-12-10-20(27(30)22-9-5-4-8-19(22)2)16-23(25)24-17-21(11-13-26(24)28)31(18-29)14-6-7-15-31/h4-18H,3H2,1-2H3. The zero-order valence-corrected chi connectivity index (χ0v) is 18.4. The summed E-state index contributed by atoms with van der Waals surface area (Å²) in [5.41, 5.74) is 5.67. The molecule has 0 spiro atoms. The van der Waals surface area contributed by atoms with Crippen LogP contribution in [0.5, 0.6) is 0 Å². The van der Waals surface area contributed by atoms with Gasteiger partial charge in [0, 0.05) is 44.4 Å². The van der Waals surface area contributed by atoms with Gasteiger partial charge in [0.05, 0.1) is 0 Å². The number of carbonyl (C=O) groups is 2. The lowest BCUT2D eigenvalue weighted by Crippen LogP contribution is -2.03. The van der Waals surface area contributed by atoms with Crippen LogP contribution in [0.15, 0.2) is 88.5 Å². The van der Waals surface area contributed by atoms with E-state index in [4.69, 9.17) is 0 Å². The molecular weight excluding hydrogens is 402 g/mol. The fraction of sp³-hybridized carbons (Fsp3) is 0.111. The van der Waals surface area contributed by atoms with E-state index in [1.54, 1.807) is 0 Å². The van der Waals surface area contributed by atoms with Gasteiger partial charge in [0.1, 0.15) is 0 Å². The number of hydrogen-bond acceptors (Lipinski definition) is 2. The van der Waals surface area contributed by atoms with Crippen LogP contribution >= 0.6 is 10.0 Å². The van der Waals surface area contributed by atoms with Crippen molar-refractivity contribution in [3.63, 3.8) is 0 Å². The normalized spacial score (nSPS) is 15.5. The first-order valence-electron chi connectivity index (χ1n) is 10.4. The van der Waals surface area contributed by atoms with Crippen LogP contribution in [0.3, 0.4) is 0 Å². The lowest BCUT2D eigenvalue weighted by Gasteiger charge is -2.24. The van der Waals surface area contributed by atoms with E-state index >= 15 is 0 Å². The fourth-order valence-electron chi connectivity index (χ4n) is 4.44. The average molecular weight is 426 g/mol. The number of aryl methyl sites for hydroxylation is 2. The summed E-state index contributed by atoms with van der Waals surface area (Å²) in [5, 5.41) is 6.14. The molecule has 0 atom stereocenters. The van der Waals surface area contributed by atoms with Crippen LogP contribution in [0.2, 0.25) is 0 Å². The van der Waals surface area contributed by atoms with E-state index in [9.17, 15) is 9.59 Å². The molecule has 0 bridgehead atoms. The fourth-order valence-corrected chi connectivity index (χ4v) is 6.41. The first-order valence-corrected chi connectivity index (χ1v) is 12.2. The predicted octanol–water partition coefficient (Wildman–Crippen LogP) is 6.75. The number of rotatable bonds is 5. The Kier molecular flexibility index (Phi) is 4.67. The molecule has 3 nitrogen and oxygen atoms in total. The van der Waals surface area contributed by atoms with E-state index < -0.39 is 10.0 Å². The number of fused-ring (bicyclic) bond motifs is 3. The van der Waals surface area contributed by atoms with Crippen LogP contribution in [0, 0.1) is 6.92 Å². The molecule has 154 valence electrons. The number of carbonyl (C=O) groups excluding carboxylic acids is 2. The number of hydrogen-bond donors (Lipinski definition) is 0. The van der Waals surface area contributed by atoms with Crippen molar-refractivity contribution in [2.75, 3.05) is 0 Å². The molecule has 0 radical (unpaired) electrons. The maximum Gasteiger partial charge on any atom is 0.193 e. The second kappa shape index (κ2) is 7.40. The highest BCUT2D eigenvalue weighted by Crippen LogP contribution is 2.59. The van der Waals surface area contributed by atoms with E-state index in [2.05, 4.69) is 29.7 Å². The molecule has 0 saturated carbocycles. The molecule has 0 N–H and O–H groups in total. The summed E-state index contributed by atoms with van der Waals surface area (Å²) in [6.07, 6.45) is 3.89. The molecule has 4 heteroatoms. The minimum atomic E-state index is -1.73. The Morgan fingerprint density at radius 3 is 2.29 bits per heavy atom. The van der Waals surface area contributed by atoms with Gasteiger partial charge in [-0.3, -0.25) is 9.59 Å². The molecule has 0 unspecified atom stereocenters. The number of ketones is 1. The van der Waals surface area contributed by atoms with Crippen molar-refractivity contribution in [1.82, 2.24) is 4.57 Å². The third-order valence-corrected chi connectivity index (χ3v) is 8.69. The molecule has 0 fully saturated rings. The van der Waals surface area contributed by atoms with Gasteiger partial charge < -0.3 is 4.57 Å². The Labute approximate surface area is 183 Å². The van der Waals surface area contributed by atoms with Crippen molar-refractivity contribution in [2.24, 2.45) is 0 Å². The first-order chi connectivity index (χ1) is 15.1. The van der Waals surface area contributed by atoms with Crippen LogP contribution in [0.4, 0.5) is 0 Å². The minimum Gasteiger partial charge on any atom is -0.341 e. The minimum absolute atomic E-state index is 0.0326. The monoisotopic (exact) mass is 425 g/mol. The zero-order chi connectivity index (χ0) is 21.6. The lowest BCUT2D eigenvalue weighted by molar-refractivity contribution is 0.103. The molecule has 3 aromatic carbocycles. The third-order valence-electron chi connectivity index (χ3n) is 6.09. The van der Waals surface area contributed by atoms with Gasteiger partial charge in [-0.05, 0) is 66.6 Å².